The van der Waals surface area contributed by atoms with Crippen LogP contribution in [-0.2, 0) is 0 Å². The highest BCUT2D eigenvalue weighted by atomic mass is 32.2. The molecule has 0 aliphatic heterocycles. The third-order valence-electron chi connectivity index (χ3n) is 3.05. The van der Waals surface area contributed by atoms with E-state index in [9.17, 15) is 0 Å². The van der Waals surface area contributed by atoms with Crippen LogP contribution in [0, 0.1) is 0 Å². The quantitative estimate of drug-likeness (QED) is 0.808. The Labute approximate surface area is 119 Å². The van der Waals surface area contributed by atoms with Gasteiger partial charge in [-0.15, -0.1) is 11.8 Å². The Morgan fingerprint density at radius 3 is 2.42 bits per heavy atom. The lowest BCUT2D eigenvalue weighted by Gasteiger charge is -2.15. The summed E-state index contributed by atoms with van der Waals surface area (Å²) < 4.78 is 5.94. The minimum Gasteiger partial charge on any atom is -0.457 e. The van der Waals surface area contributed by atoms with E-state index in [1.807, 2.05) is 36.4 Å². The van der Waals surface area contributed by atoms with Crippen LogP contribution >= 0.6 is 11.8 Å². The second-order valence-electron chi connectivity index (χ2n) is 4.33. The molecule has 0 amide bonds. The maximum atomic E-state index is 6.11. The Balaban J connectivity index is 2.22. The lowest BCUT2D eigenvalue weighted by molar-refractivity contribution is 0.468. The molecule has 0 aliphatic carbocycles. The van der Waals surface area contributed by atoms with Crippen LogP contribution in [0.1, 0.15) is 24.9 Å². The lowest BCUT2D eigenvalue weighted by atomic mass is 10.0. The molecule has 0 fully saturated rings. The van der Waals surface area contributed by atoms with Crippen molar-refractivity contribution in [3.05, 3.63) is 54.1 Å². The van der Waals surface area contributed by atoms with Crippen molar-refractivity contribution >= 4 is 11.8 Å². The lowest BCUT2D eigenvalue weighted by Crippen LogP contribution is -2.09. The van der Waals surface area contributed by atoms with Crippen molar-refractivity contribution < 1.29 is 4.74 Å². The number of nitrogens with two attached hydrogens (primary N) is 1. The highest BCUT2D eigenvalue weighted by molar-refractivity contribution is 7.98. The summed E-state index contributed by atoms with van der Waals surface area (Å²) >= 11 is 1.72. The van der Waals surface area contributed by atoms with Crippen molar-refractivity contribution in [1.29, 1.82) is 0 Å². The van der Waals surface area contributed by atoms with Crippen LogP contribution in [0.4, 0.5) is 0 Å². The molecule has 0 unspecified atom stereocenters. The predicted octanol–water partition coefficient (Wildman–Crippen LogP) is 4.61. The molecule has 0 spiro atoms. The van der Waals surface area contributed by atoms with Gasteiger partial charge in [-0.05, 0) is 43.0 Å². The standard InChI is InChI=1S/C16H19NOS/c1-3-15(17)14-6-4-5-7-16(14)18-12-8-10-13(19-2)11-9-12/h4-11,15H,3,17H2,1-2H3/t15-/m0/s1. The SMILES string of the molecule is CC[C@H](N)c1ccccc1Oc1ccc(SC)cc1. The van der Waals surface area contributed by atoms with Gasteiger partial charge >= 0.3 is 0 Å². The number of hydrogen-bond acceptors (Lipinski definition) is 3. The van der Waals surface area contributed by atoms with E-state index in [0.717, 1.165) is 23.5 Å². The Kier molecular flexibility index (Phi) is 4.88. The highest BCUT2D eigenvalue weighted by Gasteiger charge is 2.10. The molecule has 0 saturated carbocycles. The minimum atomic E-state index is 0.0154. The smallest absolute Gasteiger partial charge is 0.132 e. The predicted molar refractivity (Wildman–Crippen MR) is 82.0 cm³/mol. The maximum absolute atomic E-state index is 6.11. The number of para-hydroxylation sites is 1. The second kappa shape index (κ2) is 6.64. The van der Waals surface area contributed by atoms with E-state index >= 15 is 0 Å². The van der Waals surface area contributed by atoms with Gasteiger partial charge in [-0.1, -0.05) is 25.1 Å². The van der Waals surface area contributed by atoms with Gasteiger partial charge < -0.3 is 10.5 Å². The molecule has 19 heavy (non-hydrogen) atoms. The summed E-state index contributed by atoms with van der Waals surface area (Å²) in [5, 5.41) is 0. The second-order valence-corrected chi connectivity index (χ2v) is 5.21. The first-order valence-corrected chi connectivity index (χ1v) is 7.63. The molecule has 3 heteroatoms. The number of benzene rings is 2. The van der Waals surface area contributed by atoms with E-state index in [0.29, 0.717) is 0 Å². The molecule has 0 aromatic heterocycles. The first-order valence-electron chi connectivity index (χ1n) is 6.41. The average Bonchev–Trinajstić information content (AvgIpc) is 2.48. The monoisotopic (exact) mass is 273 g/mol. The molecule has 100 valence electrons. The molecule has 0 radical (unpaired) electrons. The molecule has 0 bridgehead atoms. The van der Waals surface area contributed by atoms with Gasteiger partial charge in [-0.2, -0.15) is 0 Å². The van der Waals surface area contributed by atoms with Crippen molar-refractivity contribution in [1.82, 2.24) is 0 Å². The van der Waals surface area contributed by atoms with Crippen LogP contribution in [0.15, 0.2) is 53.4 Å². The molecule has 2 N–H and O–H groups in total. The molecule has 2 aromatic carbocycles. The molecular formula is C16H19NOS. The first kappa shape index (κ1) is 14.0. The zero-order chi connectivity index (χ0) is 13.7. The van der Waals surface area contributed by atoms with Gasteiger partial charge in [0, 0.05) is 16.5 Å². The molecule has 1 atom stereocenters. The van der Waals surface area contributed by atoms with Crippen molar-refractivity contribution in [3.8, 4) is 11.5 Å². The summed E-state index contributed by atoms with van der Waals surface area (Å²) in [5.41, 5.74) is 7.17. The minimum absolute atomic E-state index is 0.0154. The molecule has 0 heterocycles. The van der Waals surface area contributed by atoms with Gasteiger partial charge in [0.25, 0.3) is 0 Å². The van der Waals surface area contributed by atoms with Crippen LogP contribution < -0.4 is 10.5 Å². The Bertz CT molecular complexity index is 525. The summed E-state index contributed by atoms with van der Waals surface area (Å²) in [5.74, 6) is 1.68. The van der Waals surface area contributed by atoms with Crippen LogP contribution in [0.2, 0.25) is 0 Å². The fraction of sp³-hybridized carbons (Fsp3) is 0.250. The summed E-state index contributed by atoms with van der Waals surface area (Å²) in [4.78, 5) is 1.23. The van der Waals surface area contributed by atoms with E-state index in [-0.39, 0.29) is 6.04 Å². The van der Waals surface area contributed by atoms with Crippen molar-refractivity contribution in [2.45, 2.75) is 24.3 Å². The normalized spacial score (nSPS) is 12.2. The third kappa shape index (κ3) is 3.52. The number of thioether (sulfide) groups is 1. The first-order chi connectivity index (χ1) is 9.24. The largest absolute Gasteiger partial charge is 0.457 e. The topological polar surface area (TPSA) is 35.2 Å². The maximum Gasteiger partial charge on any atom is 0.132 e. The van der Waals surface area contributed by atoms with E-state index in [2.05, 4.69) is 25.3 Å². The van der Waals surface area contributed by atoms with Gasteiger partial charge in [0.1, 0.15) is 11.5 Å². The van der Waals surface area contributed by atoms with Gasteiger partial charge in [0.05, 0.1) is 0 Å². The molecule has 0 saturated heterocycles. The number of hydrogen-bond donors (Lipinski definition) is 1. The zero-order valence-electron chi connectivity index (χ0n) is 11.3. The summed E-state index contributed by atoms with van der Waals surface area (Å²) in [7, 11) is 0. The molecule has 2 rings (SSSR count). The van der Waals surface area contributed by atoms with Gasteiger partial charge in [0.15, 0.2) is 0 Å². The van der Waals surface area contributed by atoms with Crippen LogP contribution in [-0.4, -0.2) is 6.26 Å². The van der Waals surface area contributed by atoms with Crippen LogP contribution in [0.3, 0.4) is 0 Å². The van der Waals surface area contributed by atoms with Gasteiger partial charge in [0.2, 0.25) is 0 Å². The zero-order valence-corrected chi connectivity index (χ0v) is 12.1. The summed E-state index contributed by atoms with van der Waals surface area (Å²) in [6, 6.07) is 16.1. The molecular weight excluding hydrogens is 254 g/mol. The van der Waals surface area contributed by atoms with Crippen molar-refractivity contribution in [2.75, 3.05) is 6.26 Å². The Hall–Kier alpha value is -1.45. The van der Waals surface area contributed by atoms with Crippen molar-refractivity contribution in [2.24, 2.45) is 5.73 Å². The molecule has 2 nitrogen and oxygen atoms in total. The van der Waals surface area contributed by atoms with E-state index in [1.165, 1.54) is 4.90 Å². The van der Waals surface area contributed by atoms with Gasteiger partial charge in [-0.3, -0.25) is 0 Å². The third-order valence-corrected chi connectivity index (χ3v) is 3.79. The molecule has 0 aliphatic rings. The van der Waals surface area contributed by atoms with E-state index in [4.69, 9.17) is 10.5 Å². The fourth-order valence-corrected chi connectivity index (χ4v) is 2.28. The average molecular weight is 273 g/mol. The Morgan fingerprint density at radius 1 is 1.11 bits per heavy atom. The number of rotatable bonds is 5. The van der Waals surface area contributed by atoms with Crippen molar-refractivity contribution in [3.63, 3.8) is 0 Å². The Morgan fingerprint density at radius 2 is 1.79 bits per heavy atom. The summed E-state index contributed by atoms with van der Waals surface area (Å²) in [6.45, 7) is 2.08. The van der Waals surface area contributed by atoms with Crippen LogP contribution in [0.5, 0.6) is 11.5 Å². The van der Waals surface area contributed by atoms with Crippen LogP contribution in [0.25, 0.3) is 0 Å². The number of ether oxygens (including phenoxy) is 1. The molecule has 2 aromatic rings. The van der Waals surface area contributed by atoms with E-state index < -0.39 is 0 Å². The van der Waals surface area contributed by atoms with E-state index in [1.54, 1.807) is 11.8 Å². The summed E-state index contributed by atoms with van der Waals surface area (Å²) in [6.07, 6.45) is 2.96. The van der Waals surface area contributed by atoms with Gasteiger partial charge in [-0.25, -0.2) is 0 Å². The highest BCUT2D eigenvalue weighted by Crippen LogP contribution is 2.30. The fourth-order valence-electron chi connectivity index (χ4n) is 1.87.